The van der Waals surface area contributed by atoms with Gasteiger partial charge in [0.25, 0.3) is 0 Å². The van der Waals surface area contributed by atoms with Crippen molar-refractivity contribution < 1.29 is 9.84 Å². The Balaban J connectivity index is 2.75. The van der Waals surface area contributed by atoms with Crippen LogP contribution in [-0.4, -0.2) is 18.8 Å². The van der Waals surface area contributed by atoms with Gasteiger partial charge in [-0.3, -0.25) is 0 Å². The molecule has 0 heterocycles. The van der Waals surface area contributed by atoms with Gasteiger partial charge in [0.1, 0.15) is 5.75 Å². The lowest BCUT2D eigenvalue weighted by Gasteiger charge is -2.11. The summed E-state index contributed by atoms with van der Waals surface area (Å²) in [6, 6.07) is 4.34. The molecule has 0 unspecified atom stereocenters. The fraction of sp³-hybridized carbons (Fsp3) is 0.538. The molecule has 1 rings (SSSR count). The maximum absolute atomic E-state index is 8.72. The van der Waals surface area contributed by atoms with Crippen molar-refractivity contribution in [3.63, 3.8) is 0 Å². The summed E-state index contributed by atoms with van der Waals surface area (Å²) in [4.78, 5) is 0. The molecule has 0 saturated heterocycles. The van der Waals surface area contributed by atoms with Gasteiger partial charge in [-0.15, -0.1) is 0 Å². The lowest BCUT2D eigenvalue weighted by Crippen LogP contribution is -1.95. The van der Waals surface area contributed by atoms with Crippen molar-refractivity contribution in [3.05, 3.63) is 28.8 Å². The first kappa shape index (κ1) is 12.1. The molecule has 0 radical (unpaired) electrons. The minimum atomic E-state index is 0.286. The van der Waals surface area contributed by atoms with Crippen molar-refractivity contribution in [2.75, 3.05) is 13.7 Å². The zero-order valence-corrected chi connectivity index (χ0v) is 9.84. The number of aliphatic hydroxyl groups is 1. The van der Waals surface area contributed by atoms with E-state index >= 15 is 0 Å². The zero-order chi connectivity index (χ0) is 11.3. The number of ether oxygens (including phenoxy) is 1. The molecular formula is C13H20O2. The van der Waals surface area contributed by atoms with Crippen LogP contribution in [0.3, 0.4) is 0 Å². The summed E-state index contributed by atoms with van der Waals surface area (Å²) in [5, 5.41) is 8.72. The highest BCUT2D eigenvalue weighted by Crippen LogP contribution is 2.24. The van der Waals surface area contributed by atoms with Gasteiger partial charge in [-0.1, -0.05) is 12.1 Å². The van der Waals surface area contributed by atoms with E-state index in [1.807, 2.05) is 0 Å². The largest absolute Gasteiger partial charge is 0.496 e. The molecule has 15 heavy (non-hydrogen) atoms. The third kappa shape index (κ3) is 3.24. The Morgan fingerprint density at radius 1 is 1.13 bits per heavy atom. The van der Waals surface area contributed by atoms with Gasteiger partial charge in [-0.25, -0.2) is 0 Å². The molecule has 0 spiro atoms. The van der Waals surface area contributed by atoms with Crippen LogP contribution in [-0.2, 0) is 6.42 Å². The molecule has 0 amide bonds. The van der Waals surface area contributed by atoms with E-state index < -0.39 is 0 Å². The highest BCUT2D eigenvalue weighted by molar-refractivity contribution is 5.43. The predicted molar refractivity (Wildman–Crippen MR) is 62.5 cm³/mol. The fourth-order valence-corrected chi connectivity index (χ4v) is 1.95. The van der Waals surface area contributed by atoms with Gasteiger partial charge in [-0.05, 0) is 49.8 Å². The predicted octanol–water partition coefficient (Wildman–Crippen LogP) is 2.63. The van der Waals surface area contributed by atoms with E-state index in [0.717, 1.165) is 25.0 Å². The Morgan fingerprint density at radius 2 is 1.73 bits per heavy atom. The number of aryl methyl sites for hydroxylation is 3. The number of benzene rings is 1. The molecule has 0 fully saturated rings. The Morgan fingerprint density at radius 3 is 2.20 bits per heavy atom. The van der Waals surface area contributed by atoms with Gasteiger partial charge in [0, 0.05) is 6.61 Å². The first-order valence-corrected chi connectivity index (χ1v) is 5.44. The third-order valence-electron chi connectivity index (χ3n) is 2.60. The summed E-state index contributed by atoms with van der Waals surface area (Å²) in [5.41, 5.74) is 3.72. The minimum Gasteiger partial charge on any atom is -0.496 e. The molecule has 1 aromatic carbocycles. The zero-order valence-electron chi connectivity index (χ0n) is 9.84. The molecule has 0 saturated carbocycles. The van der Waals surface area contributed by atoms with Crippen LogP contribution < -0.4 is 4.74 Å². The Kier molecular flexibility index (Phi) is 4.63. The molecule has 2 nitrogen and oxygen atoms in total. The number of hydrogen-bond donors (Lipinski definition) is 1. The van der Waals surface area contributed by atoms with Crippen LogP contribution in [0.25, 0.3) is 0 Å². The summed E-state index contributed by atoms with van der Waals surface area (Å²) in [6.07, 6.45) is 2.96. The van der Waals surface area contributed by atoms with Crippen molar-refractivity contribution in [1.82, 2.24) is 0 Å². The molecule has 0 aliphatic heterocycles. The van der Waals surface area contributed by atoms with E-state index in [9.17, 15) is 0 Å². The normalized spacial score (nSPS) is 10.4. The van der Waals surface area contributed by atoms with Crippen molar-refractivity contribution in [1.29, 1.82) is 0 Å². The van der Waals surface area contributed by atoms with Crippen LogP contribution in [0.5, 0.6) is 5.75 Å². The summed E-state index contributed by atoms with van der Waals surface area (Å²) in [5.74, 6) is 0.987. The maximum Gasteiger partial charge on any atom is 0.124 e. The average molecular weight is 208 g/mol. The van der Waals surface area contributed by atoms with Crippen LogP contribution in [0, 0.1) is 13.8 Å². The molecular weight excluding hydrogens is 188 g/mol. The summed E-state index contributed by atoms with van der Waals surface area (Å²) in [6.45, 7) is 4.43. The molecule has 1 N–H and O–H groups in total. The second-order valence-electron chi connectivity index (χ2n) is 3.94. The number of methoxy groups -OCH3 is 1. The second-order valence-corrected chi connectivity index (χ2v) is 3.94. The van der Waals surface area contributed by atoms with Gasteiger partial charge in [0.05, 0.1) is 7.11 Å². The van der Waals surface area contributed by atoms with Crippen LogP contribution in [0.2, 0.25) is 0 Å². The van der Waals surface area contributed by atoms with Gasteiger partial charge in [0.2, 0.25) is 0 Å². The molecule has 0 atom stereocenters. The van der Waals surface area contributed by atoms with Crippen LogP contribution in [0.1, 0.15) is 29.5 Å². The number of unbranched alkanes of at least 4 members (excludes halogenated alkanes) is 1. The van der Waals surface area contributed by atoms with Crippen LogP contribution in [0.15, 0.2) is 12.1 Å². The van der Waals surface area contributed by atoms with Crippen molar-refractivity contribution in [2.24, 2.45) is 0 Å². The van der Waals surface area contributed by atoms with E-state index in [1.165, 1.54) is 16.7 Å². The first-order valence-electron chi connectivity index (χ1n) is 5.44. The summed E-state index contributed by atoms with van der Waals surface area (Å²) < 4.78 is 5.32. The fourth-order valence-electron chi connectivity index (χ4n) is 1.95. The monoisotopic (exact) mass is 208 g/mol. The lowest BCUT2D eigenvalue weighted by atomic mass is 10.0. The Labute approximate surface area is 91.9 Å². The smallest absolute Gasteiger partial charge is 0.124 e. The summed E-state index contributed by atoms with van der Waals surface area (Å²) in [7, 11) is 1.71. The van der Waals surface area contributed by atoms with E-state index in [-0.39, 0.29) is 6.61 Å². The van der Waals surface area contributed by atoms with E-state index in [1.54, 1.807) is 7.11 Å². The van der Waals surface area contributed by atoms with Crippen LogP contribution in [0.4, 0.5) is 0 Å². The molecule has 2 heteroatoms. The molecule has 1 aromatic rings. The number of rotatable bonds is 5. The second kappa shape index (κ2) is 5.76. The molecule has 0 bridgehead atoms. The molecule has 0 aliphatic rings. The molecule has 0 aromatic heterocycles. The van der Waals surface area contributed by atoms with Gasteiger partial charge < -0.3 is 9.84 Å². The first-order chi connectivity index (χ1) is 7.19. The van der Waals surface area contributed by atoms with Crippen molar-refractivity contribution in [3.8, 4) is 5.75 Å². The highest BCUT2D eigenvalue weighted by atomic mass is 16.5. The topological polar surface area (TPSA) is 29.5 Å². The Hall–Kier alpha value is -1.02. The Bertz CT molecular complexity index is 295. The maximum atomic E-state index is 8.72. The number of hydrogen-bond acceptors (Lipinski definition) is 2. The molecule has 84 valence electrons. The molecule has 0 aliphatic carbocycles. The van der Waals surface area contributed by atoms with E-state index in [0.29, 0.717) is 0 Å². The average Bonchev–Trinajstić information content (AvgIpc) is 2.18. The van der Waals surface area contributed by atoms with Crippen molar-refractivity contribution >= 4 is 0 Å². The van der Waals surface area contributed by atoms with E-state index in [2.05, 4.69) is 26.0 Å². The van der Waals surface area contributed by atoms with Gasteiger partial charge in [0.15, 0.2) is 0 Å². The number of aliphatic hydroxyl groups excluding tert-OH is 1. The van der Waals surface area contributed by atoms with Crippen LogP contribution >= 0.6 is 0 Å². The van der Waals surface area contributed by atoms with Gasteiger partial charge >= 0.3 is 0 Å². The van der Waals surface area contributed by atoms with Crippen molar-refractivity contribution in [2.45, 2.75) is 33.1 Å². The standard InChI is InChI=1S/C13H20O2/c1-10-8-12(6-4-5-7-14)9-11(2)13(10)15-3/h8-9,14H,4-7H2,1-3H3. The summed E-state index contributed by atoms with van der Waals surface area (Å²) >= 11 is 0. The lowest BCUT2D eigenvalue weighted by molar-refractivity contribution is 0.284. The third-order valence-corrected chi connectivity index (χ3v) is 2.60. The van der Waals surface area contributed by atoms with E-state index in [4.69, 9.17) is 9.84 Å². The van der Waals surface area contributed by atoms with Gasteiger partial charge in [-0.2, -0.15) is 0 Å². The highest BCUT2D eigenvalue weighted by Gasteiger charge is 2.04. The quantitative estimate of drug-likeness (QED) is 0.754. The minimum absolute atomic E-state index is 0.286. The SMILES string of the molecule is COc1c(C)cc(CCCCO)cc1C.